The lowest BCUT2D eigenvalue weighted by atomic mass is 10.1. The van der Waals surface area contributed by atoms with E-state index in [2.05, 4.69) is 0 Å². The number of hydrogen-bond acceptors (Lipinski definition) is 3. The van der Waals surface area contributed by atoms with Gasteiger partial charge in [0.25, 0.3) is 0 Å². The van der Waals surface area contributed by atoms with Gasteiger partial charge in [-0.15, -0.1) is 0 Å². The number of carbonyl (C=O) groups excluding carboxylic acids is 1. The summed E-state index contributed by atoms with van der Waals surface area (Å²) in [5, 5.41) is 0. The van der Waals surface area contributed by atoms with E-state index in [1.54, 1.807) is 13.0 Å². The van der Waals surface area contributed by atoms with E-state index in [0.717, 1.165) is 13.0 Å². The zero-order valence-electron chi connectivity index (χ0n) is 8.73. The van der Waals surface area contributed by atoms with Gasteiger partial charge in [-0.1, -0.05) is 12.1 Å². The van der Waals surface area contributed by atoms with Gasteiger partial charge in [-0.3, -0.25) is 4.79 Å². The lowest BCUT2D eigenvalue weighted by Gasteiger charge is -2.13. The second kappa shape index (κ2) is 4.45. The van der Waals surface area contributed by atoms with Crippen molar-refractivity contribution in [3.8, 4) is 5.75 Å². The maximum Gasteiger partial charge on any atom is 0.163 e. The van der Waals surface area contributed by atoms with Crippen LogP contribution in [-0.4, -0.2) is 25.1 Å². The fourth-order valence-electron chi connectivity index (χ4n) is 1.65. The van der Waals surface area contributed by atoms with Crippen LogP contribution in [0.15, 0.2) is 24.3 Å². The molecule has 1 unspecified atom stereocenters. The monoisotopic (exact) mass is 206 g/mol. The van der Waals surface area contributed by atoms with E-state index in [4.69, 9.17) is 9.47 Å². The Morgan fingerprint density at radius 2 is 2.27 bits per heavy atom. The van der Waals surface area contributed by atoms with Crippen molar-refractivity contribution in [3.05, 3.63) is 29.8 Å². The highest BCUT2D eigenvalue weighted by molar-refractivity contribution is 5.96. The molecule has 80 valence electrons. The van der Waals surface area contributed by atoms with E-state index >= 15 is 0 Å². The molecule has 0 spiro atoms. The first-order valence-corrected chi connectivity index (χ1v) is 5.12. The number of benzene rings is 1. The summed E-state index contributed by atoms with van der Waals surface area (Å²) in [7, 11) is 0. The molecule has 1 saturated heterocycles. The van der Waals surface area contributed by atoms with Crippen molar-refractivity contribution in [1.82, 2.24) is 0 Å². The minimum Gasteiger partial charge on any atom is -0.487 e. The van der Waals surface area contributed by atoms with Gasteiger partial charge in [-0.05, 0) is 19.1 Å². The molecule has 0 N–H and O–H groups in total. The largest absolute Gasteiger partial charge is 0.487 e. The van der Waals surface area contributed by atoms with Gasteiger partial charge in [0.1, 0.15) is 11.9 Å². The maximum absolute atomic E-state index is 11.3. The quantitative estimate of drug-likeness (QED) is 0.710. The van der Waals surface area contributed by atoms with Gasteiger partial charge in [-0.2, -0.15) is 0 Å². The fourth-order valence-corrected chi connectivity index (χ4v) is 1.65. The summed E-state index contributed by atoms with van der Waals surface area (Å²) in [5.41, 5.74) is 0.643. The molecule has 0 radical (unpaired) electrons. The minimum absolute atomic E-state index is 0.0320. The molecule has 2 rings (SSSR count). The van der Waals surface area contributed by atoms with Crippen LogP contribution >= 0.6 is 0 Å². The van der Waals surface area contributed by atoms with Gasteiger partial charge in [0.05, 0.1) is 18.8 Å². The molecule has 1 atom stereocenters. The summed E-state index contributed by atoms with van der Waals surface area (Å²) in [4.78, 5) is 11.3. The zero-order chi connectivity index (χ0) is 10.7. The van der Waals surface area contributed by atoms with Gasteiger partial charge in [0.15, 0.2) is 5.78 Å². The molecule has 0 aliphatic carbocycles. The van der Waals surface area contributed by atoms with Gasteiger partial charge in [0.2, 0.25) is 0 Å². The van der Waals surface area contributed by atoms with Crippen LogP contribution in [0.3, 0.4) is 0 Å². The number of para-hydroxylation sites is 1. The molecule has 3 nitrogen and oxygen atoms in total. The van der Waals surface area contributed by atoms with Gasteiger partial charge >= 0.3 is 0 Å². The third-order valence-electron chi connectivity index (χ3n) is 2.45. The third-order valence-corrected chi connectivity index (χ3v) is 2.45. The Kier molecular flexibility index (Phi) is 3.02. The summed E-state index contributed by atoms with van der Waals surface area (Å²) in [6.07, 6.45) is 0.984. The maximum atomic E-state index is 11.3. The first kappa shape index (κ1) is 10.2. The lowest BCUT2D eigenvalue weighted by molar-refractivity contribution is 0.100. The highest BCUT2D eigenvalue weighted by Crippen LogP contribution is 2.22. The first-order valence-electron chi connectivity index (χ1n) is 5.12. The van der Waals surface area contributed by atoms with Crippen molar-refractivity contribution in [2.75, 3.05) is 13.2 Å². The minimum atomic E-state index is 0.0320. The molecule has 0 bridgehead atoms. The van der Waals surface area contributed by atoms with Crippen molar-refractivity contribution in [2.24, 2.45) is 0 Å². The molecule has 0 amide bonds. The average Bonchev–Trinajstić information content (AvgIpc) is 2.71. The number of rotatable bonds is 3. The van der Waals surface area contributed by atoms with Crippen LogP contribution < -0.4 is 4.74 Å². The summed E-state index contributed by atoms with van der Waals surface area (Å²) >= 11 is 0. The Balaban J connectivity index is 2.15. The Morgan fingerprint density at radius 1 is 1.47 bits per heavy atom. The van der Waals surface area contributed by atoms with Crippen LogP contribution in [0, 0.1) is 0 Å². The molecular weight excluding hydrogens is 192 g/mol. The number of hydrogen-bond donors (Lipinski definition) is 0. The molecule has 3 heteroatoms. The molecule has 1 aromatic rings. The smallest absolute Gasteiger partial charge is 0.163 e. The van der Waals surface area contributed by atoms with Gasteiger partial charge in [-0.25, -0.2) is 0 Å². The van der Waals surface area contributed by atoms with Crippen LogP contribution in [0.2, 0.25) is 0 Å². The van der Waals surface area contributed by atoms with Crippen molar-refractivity contribution in [2.45, 2.75) is 19.4 Å². The molecule has 0 saturated carbocycles. The predicted octanol–water partition coefficient (Wildman–Crippen LogP) is 2.06. The molecule has 0 aromatic heterocycles. The second-order valence-electron chi connectivity index (χ2n) is 3.66. The highest BCUT2D eigenvalue weighted by Gasteiger charge is 2.19. The summed E-state index contributed by atoms with van der Waals surface area (Å²) < 4.78 is 10.9. The normalized spacial score (nSPS) is 20.2. The second-order valence-corrected chi connectivity index (χ2v) is 3.66. The number of ketones is 1. The van der Waals surface area contributed by atoms with Crippen molar-refractivity contribution >= 4 is 5.78 Å². The van der Waals surface area contributed by atoms with Gasteiger partial charge < -0.3 is 9.47 Å². The summed E-state index contributed by atoms with van der Waals surface area (Å²) in [6.45, 7) is 2.91. The van der Waals surface area contributed by atoms with Gasteiger partial charge in [0, 0.05) is 6.42 Å². The predicted molar refractivity (Wildman–Crippen MR) is 56.3 cm³/mol. The summed E-state index contributed by atoms with van der Waals surface area (Å²) in [6, 6.07) is 7.33. The Labute approximate surface area is 89.0 Å². The van der Waals surface area contributed by atoms with Crippen LogP contribution in [0.5, 0.6) is 5.75 Å². The highest BCUT2D eigenvalue weighted by atomic mass is 16.5. The van der Waals surface area contributed by atoms with Crippen LogP contribution in [-0.2, 0) is 4.74 Å². The Hall–Kier alpha value is -1.35. The number of Topliss-reactive ketones (excluding diaryl/α,β-unsaturated/α-hetero) is 1. The Bertz CT molecular complexity index is 354. The molecule has 1 aliphatic heterocycles. The Morgan fingerprint density at radius 3 is 2.93 bits per heavy atom. The number of ether oxygens (including phenoxy) is 2. The molecule has 1 fully saturated rings. The van der Waals surface area contributed by atoms with Crippen molar-refractivity contribution in [1.29, 1.82) is 0 Å². The van der Waals surface area contributed by atoms with Crippen molar-refractivity contribution in [3.63, 3.8) is 0 Å². The van der Waals surface area contributed by atoms with E-state index in [1.165, 1.54) is 0 Å². The standard InChI is InChI=1S/C12H14O3/c1-9(13)11-4-2-3-5-12(11)15-10-6-7-14-8-10/h2-5,10H,6-8H2,1H3. The molecular formula is C12H14O3. The van der Waals surface area contributed by atoms with E-state index in [-0.39, 0.29) is 11.9 Å². The van der Waals surface area contributed by atoms with E-state index < -0.39 is 0 Å². The SMILES string of the molecule is CC(=O)c1ccccc1OC1CCOC1. The van der Waals surface area contributed by atoms with Crippen LogP contribution in [0.25, 0.3) is 0 Å². The van der Waals surface area contributed by atoms with Crippen LogP contribution in [0.1, 0.15) is 23.7 Å². The molecule has 1 heterocycles. The molecule has 1 aliphatic rings. The topological polar surface area (TPSA) is 35.5 Å². The molecule has 15 heavy (non-hydrogen) atoms. The zero-order valence-corrected chi connectivity index (χ0v) is 8.73. The lowest BCUT2D eigenvalue weighted by Crippen LogP contribution is -2.17. The first-order chi connectivity index (χ1) is 7.27. The number of carbonyl (C=O) groups is 1. The third kappa shape index (κ3) is 2.36. The molecule has 1 aromatic carbocycles. The average molecular weight is 206 g/mol. The fraction of sp³-hybridized carbons (Fsp3) is 0.417. The van der Waals surface area contributed by atoms with E-state index in [1.807, 2.05) is 18.2 Å². The van der Waals surface area contributed by atoms with E-state index in [0.29, 0.717) is 17.9 Å². The summed E-state index contributed by atoms with van der Waals surface area (Å²) in [5.74, 6) is 0.699. The van der Waals surface area contributed by atoms with Crippen LogP contribution in [0.4, 0.5) is 0 Å². The van der Waals surface area contributed by atoms with E-state index in [9.17, 15) is 4.79 Å². The van der Waals surface area contributed by atoms with Crippen molar-refractivity contribution < 1.29 is 14.3 Å².